The number of nitrogens with zero attached hydrogens (tertiary/aromatic N) is 1. The van der Waals surface area contributed by atoms with Crippen LogP contribution >= 0.6 is 0 Å². The lowest BCUT2D eigenvalue weighted by molar-refractivity contribution is -0.146. The van der Waals surface area contributed by atoms with Crippen LogP contribution in [-0.4, -0.2) is 30.6 Å². The van der Waals surface area contributed by atoms with Crippen molar-refractivity contribution >= 4 is 5.97 Å². The molecule has 0 spiro atoms. The summed E-state index contributed by atoms with van der Waals surface area (Å²) in [6.07, 6.45) is 0.431. The van der Waals surface area contributed by atoms with Gasteiger partial charge < -0.3 is 4.74 Å². The maximum atomic E-state index is 11.8. The van der Waals surface area contributed by atoms with Crippen LogP contribution in [0.3, 0.4) is 0 Å². The minimum atomic E-state index is -0.113. The average Bonchev–Trinajstić information content (AvgIpc) is 2.44. The molecule has 2 atom stereocenters. The van der Waals surface area contributed by atoms with Crippen LogP contribution in [-0.2, 0) is 9.53 Å². The Morgan fingerprint density at radius 1 is 1.15 bits per heavy atom. The molecule has 0 amide bonds. The molecule has 112 valence electrons. The van der Waals surface area contributed by atoms with E-state index in [1.165, 1.54) is 5.56 Å². The molecule has 3 nitrogen and oxygen atoms in total. The number of esters is 1. The van der Waals surface area contributed by atoms with E-state index in [9.17, 15) is 4.79 Å². The quantitative estimate of drug-likeness (QED) is 0.712. The van der Waals surface area contributed by atoms with Gasteiger partial charge in [0.1, 0.15) is 0 Å². The fraction of sp³-hybridized carbons (Fsp3) is 0.588. The van der Waals surface area contributed by atoms with E-state index >= 15 is 0 Å². The van der Waals surface area contributed by atoms with Crippen molar-refractivity contribution in [2.45, 2.75) is 46.2 Å². The summed E-state index contributed by atoms with van der Waals surface area (Å²) in [4.78, 5) is 14.0. The van der Waals surface area contributed by atoms with Crippen molar-refractivity contribution in [3.63, 3.8) is 0 Å². The molecule has 0 heterocycles. The Labute approximate surface area is 122 Å². The van der Waals surface area contributed by atoms with E-state index < -0.39 is 0 Å². The Bertz CT molecular complexity index is 403. The van der Waals surface area contributed by atoms with Gasteiger partial charge in [0.05, 0.1) is 13.0 Å². The number of benzene rings is 1. The highest BCUT2D eigenvalue weighted by Gasteiger charge is 2.20. The molecule has 0 N–H and O–H groups in total. The predicted molar refractivity (Wildman–Crippen MR) is 82.5 cm³/mol. The van der Waals surface area contributed by atoms with Crippen molar-refractivity contribution in [3.8, 4) is 0 Å². The minimum Gasteiger partial charge on any atom is -0.465 e. The molecule has 3 heteroatoms. The summed E-state index contributed by atoms with van der Waals surface area (Å²) >= 11 is 0. The summed E-state index contributed by atoms with van der Waals surface area (Å²) in [5.74, 6) is 0.272. The van der Waals surface area contributed by atoms with Gasteiger partial charge in [-0.2, -0.15) is 0 Å². The van der Waals surface area contributed by atoms with Crippen molar-refractivity contribution in [1.82, 2.24) is 4.90 Å². The van der Waals surface area contributed by atoms with Gasteiger partial charge in [-0.05, 0) is 32.4 Å². The lowest BCUT2D eigenvalue weighted by Crippen LogP contribution is -2.34. The zero-order valence-corrected chi connectivity index (χ0v) is 13.3. The SMILES string of the molecule is CC(C)COC(=O)C[C@@H](C)N(C)[C@@H](C)c1ccccc1. The Hall–Kier alpha value is -1.35. The van der Waals surface area contributed by atoms with E-state index in [1.54, 1.807) is 0 Å². The number of rotatable bonds is 7. The van der Waals surface area contributed by atoms with Crippen molar-refractivity contribution in [3.05, 3.63) is 35.9 Å². The second-order valence-electron chi connectivity index (χ2n) is 5.88. The smallest absolute Gasteiger partial charge is 0.307 e. The van der Waals surface area contributed by atoms with Crippen LogP contribution in [0.4, 0.5) is 0 Å². The molecule has 0 aliphatic carbocycles. The normalized spacial score (nSPS) is 14.3. The van der Waals surface area contributed by atoms with Crippen LogP contribution in [0.15, 0.2) is 30.3 Å². The minimum absolute atomic E-state index is 0.113. The molecule has 0 unspecified atom stereocenters. The Kier molecular flexibility index (Phi) is 6.73. The van der Waals surface area contributed by atoms with Crippen molar-refractivity contribution in [2.75, 3.05) is 13.7 Å². The van der Waals surface area contributed by atoms with Gasteiger partial charge in [-0.1, -0.05) is 44.2 Å². The molecule has 0 aromatic heterocycles. The van der Waals surface area contributed by atoms with Crippen LogP contribution in [0.2, 0.25) is 0 Å². The summed E-state index contributed by atoms with van der Waals surface area (Å²) in [5.41, 5.74) is 1.26. The number of carbonyl (C=O) groups is 1. The predicted octanol–water partition coefficient (Wildman–Crippen LogP) is 3.66. The topological polar surface area (TPSA) is 29.5 Å². The van der Waals surface area contributed by atoms with E-state index in [-0.39, 0.29) is 18.1 Å². The first kappa shape index (κ1) is 16.7. The van der Waals surface area contributed by atoms with Crippen LogP contribution in [0.1, 0.15) is 45.7 Å². The lowest BCUT2D eigenvalue weighted by atomic mass is 10.1. The molecule has 1 aromatic carbocycles. The van der Waals surface area contributed by atoms with Crippen LogP contribution in [0.25, 0.3) is 0 Å². The van der Waals surface area contributed by atoms with Gasteiger partial charge in [0, 0.05) is 12.1 Å². The van der Waals surface area contributed by atoms with Gasteiger partial charge in [0.25, 0.3) is 0 Å². The van der Waals surface area contributed by atoms with Gasteiger partial charge in [-0.25, -0.2) is 0 Å². The first-order valence-electron chi connectivity index (χ1n) is 7.34. The number of ether oxygens (including phenoxy) is 1. The highest BCUT2D eigenvalue weighted by Crippen LogP contribution is 2.21. The zero-order chi connectivity index (χ0) is 15.1. The molecular weight excluding hydrogens is 250 g/mol. The van der Waals surface area contributed by atoms with Crippen LogP contribution < -0.4 is 0 Å². The van der Waals surface area contributed by atoms with E-state index in [4.69, 9.17) is 4.74 Å². The van der Waals surface area contributed by atoms with Gasteiger partial charge >= 0.3 is 5.97 Å². The maximum absolute atomic E-state index is 11.8. The van der Waals surface area contributed by atoms with E-state index in [2.05, 4.69) is 37.9 Å². The fourth-order valence-electron chi connectivity index (χ4n) is 2.05. The van der Waals surface area contributed by atoms with Gasteiger partial charge in [-0.3, -0.25) is 9.69 Å². The van der Waals surface area contributed by atoms with E-state index in [1.807, 2.05) is 32.0 Å². The van der Waals surface area contributed by atoms with Gasteiger partial charge in [-0.15, -0.1) is 0 Å². The van der Waals surface area contributed by atoms with Crippen molar-refractivity contribution in [1.29, 1.82) is 0 Å². The first-order chi connectivity index (χ1) is 9.41. The van der Waals surface area contributed by atoms with Gasteiger partial charge in [0.2, 0.25) is 0 Å². The molecule has 0 radical (unpaired) electrons. The second kappa shape index (κ2) is 8.05. The standard InChI is InChI=1S/C17H27NO2/c1-13(2)12-20-17(19)11-14(3)18(5)15(4)16-9-7-6-8-10-16/h6-10,13-15H,11-12H2,1-5H3/t14-,15+/m1/s1. The third-order valence-electron chi connectivity index (χ3n) is 3.63. The summed E-state index contributed by atoms with van der Waals surface area (Å²) in [7, 11) is 2.05. The molecule has 0 aliphatic rings. The zero-order valence-electron chi connectivity index (χ0n) is 13.3. The summed E-state index contributed by atoms with van der Waals surface area (Å²) < 4.78 is 5.24. The summed E-state index contributed by atoms with van der Waals surface area (Å²) in [6.45, 7) is 8.81. The highest BCUT2D eigenvalue weighted by atomic mass is 16.5. The Morgan fingerprint density at radius 2 is 1.75 bits per heavy atom. The maximum Gasteiger partial charge on any atom is 0.307 e. The number of hydrogen-bond acceptors (Lipinski definition) is 3. The largest absolute Gasteiger partial charge is 0.465 e. The molecule has 1 rings (SSSR count). The third kappa shape index (κ3) is 5.33. The molecule has 0 aliphatic heterocycles. The Morgan fingerprint density at radius 3 is 2.30 bits per heavy atom. The third-order valence-corrected chi connectivity index (χ3v) is 3.63. The first-order valence-corrected chi connectivity index (χ1v) is 7.34. The Balaban J connectivity index is 2.50. The summed E-state index contributed by atoms with van der Waals surface area (Å²) in [6, 6.07) is 10.8. The monoisotopic (exact) mass is 277 g/mol. The van der Waals surface area contributed by atoms with E-state index in [0.29, 0.717) is 18.9 Å². The molecule has 0 saturated heterocycles. The van der Waals surface area contributed by atoms with Crippen LogP contribution in [0.5, 0.6) is 0 Å². The van der Waals surface area contributed by atoms with Gasteiger partial charge in [0.15, 0.2) is 0 Å². The molecule has 0 bridgehead atoms. The van der Waals surface area contributed by atoms with Crippen molar-refractivity contribution in [2.24, 2.45) is 5.92 Å². The second-order valence-corrected chi connectivity index (χ2v) is 5.88. The summed E-state index contributed by atoms with van der Waals surface area (Å²) in [5, 5.41) is 0. The van der Waals surface area contributed by atoms with E-state index in [0.717, 1.165) is 0 Å². The van der Waals surface area contributed by atoms with Crippen LogP contribution in [0, 0.1) is 5.92 Å². The molecule has 1 aromatic rings. The number of carbonyl (C=O) groups excluding carboxylic acids is 1. The highest BCUT2D eigenvalue weighted by molar-refractivity contribution is 5.70. The molecular formula is C17H27NO2. The molecule has 20 heavy (non-hydrogen) atoms. The lowest BCUT2D eigenvalue weighted by Gasteiger charge is -2.30. The van der Waals surface area contributed by atoms with Crippen molar-refractivity contribution < 1.29 is 9.53 Å². The molecule has 0 saturated carbocycles. The number of hydrogen-bond donors (Lipinski definition) is 0. The fourth-order valence-corrected chi connectivity index (χ4v) is 2.05. The average molecular weight is 277 g/mol. The molecule has 0 fully saturated rings.